The normalized spacial score (nSPS) is 11.4. The molecule has 7 heteroatoms. The molecule has 0 atom stereocenters. The van der Waals surface area contributed by atoms with Gasteiger partial charge in [-0.2, -0.15) is 0 Å². The number of hydrogen-bond acceptors (Lipinski definition) is 5. The Morgan fingerprint density at radius 3 is 2.77 bits per heavy atom. The topological polar surface area (TPSA) is 60.9 Å². The highest BCUT2D eigenvalue weighted by atomic mass is 79.9. The van der Waals surface area contributed by atoms with Crippen molar-refractivity contribution in [3.63, 3.8) is 0 Å². The molecular weight excluding hydrogens is 414 g/mol. The van der Waals surface area contributed by atoms with Crippen LogP contribution < -0.4 is 5.56 Å². The first-order valence-electron chi connectivity index (χ1n) is 8.76. The standard InChI is InChI=1S/C19H22BrN3O2S/c1-4-5-6-9-23-18(24)15-10-14(20)7-8-17(15)21-19(23)26-11-16-12(2)22-25-13(16)3/h7-8,10H,4-6,9,11H2,1-3H3. The second-order valence-electron chi connectivity index (χ2n) is 6.31. The van der Waals surface area contributed by atoms with E-state index in [9.17, 15) is 4.79 Å². The Labute approximate surface area is 165 Å². The van der Waals surface area contributed by atoms with Crippen molar-refractivity contribution in [2.75, 3.05) is 0 Å². The summed E-state index contributed by atoms with van der Waals surface area (Å²) in [5, 5.41) is 5.41. The van der Waals surface area contributed by atoms with Gasteiger partial charge in [0.25, 0.3) is 5.56 Å². The van der Waals surface area contributed by atoms with E-state index in [-0.39, 0.29) is 5.56 Å². The molecule has 0 N–H and O–H groups in total. The van der Waals surface area contributed by atoms with E-state index in [2.05, 4.69) is 28.0 Å². The van der Waals surface area contributed by atoms with E-state index >= 15 is 0 Å². The summed E-state index contributed by atoms with van der Waals surface area (Å²) in [7, 11) is 0. The Morgan fingerprint density at radius 1 is 1.27 bits per heavy atom. The van der Waals surface area contributed by atoms with Crippen molar-refractivity contribution < 1.29 is 4.52 Å². The van der Waals surface area contributed by atoms with Gasteiger partial charge >= 0.3 is 0 Å². The van der Waals surface area contributed by atoms with Crippen LogP contribution in [0.5, 0.6) is 0 Å². The maximum atomic E-state index is 13.0. The molecule has 2 aromatic heterocycles. The summed E-state index contributed by atoms with van der Waals surface area (Å²) in [4.78, 5) is 17.8. The van der Waals surface area contributed by atoms with Crippen LogP contribution in [0.15, 0.2) is 37.1 Å². The molecule has 26 heavy (non-hydrogen) atoms. The van der Waals surface area contributed by atoms with Gasteiger partial charge in [0, 0.05) is 22.3 Å². The number of benzene rings is 1. The van der Waals surface area contributed by atoms with Gasteiger partial charge in [0.05, 0.1) is 16.6 Å². The molecule has 3 aromatic rings. The van der Waals surface area contributed by atoms with E-state index in [1.807, 2.05) is 36.6 Å². The van der Waals surface area contributed by atoms with Crippen molar-refractivity contribution in [1.82, 2.24) is 14.7 Å². The molecule has 5 nitrogen and oxygen atoms in total. The van der Waals surface area contributed by atoms with Gasteiger partial charge in [0.2, 0.25) is 0 Å². The number of thioether (sulfide) groups is 1. The Balaban J connectivity index is 1.99. The van der Waals surface area contributed by atoms with Crippen molar-refractivity contribution in [3.05, 3.63) is 50.0 Å². The Morgan fingerprint density at radius 2 is 2.08 bits per heavy atom. The molecule has 2 heterocycles. The number of rotatable bonds is 7. The van der Waals surface area contributed by atoms with Crippen molar-refractivity contribution in [1.29, 1.82) is 0 Å². The van der Waals surface area contributed by atoms with Crippen LogP contribution >= 0.6 is 27.7 Å². The molecule has 0 spiro atoms. The maximum absolute atomic E-state index is 13.0. The van der Waals surface area contributed by atoms with Crippen LogP contribution in [-0.4, -0.2) is 14.7 Å². The highest BCUT2D eigenvalue weighted by Crippen LogP contribution is 2.26. The summed E-state index contributed by atoms with van der Waals surface area (Å²) in [6.45, 7) is 6.69. The third-order valence-electron chi connectivity index (χ3n) is 4.39. The van der Waals surface area contributed by atoms with Crippen LogP contribution in [0.25, 0.3) is 10.9 Å². The van der Waals surface area contributed by atoms with Gasteiger partial charge in [-0.3, -0.25) is 9.36 Å². The van der Waals surface area contributed by atoms with Gasteiger partial charge in [-0.25, -0.2) is 4.98 Å². The number of fused-ring (bicyclic) bond motifs is 1. The Bertz CT molecular complexity index is 961. The molecule has 0 fully saturated rings. The minimum absolute atomic E-state index is 0.0219. The zero-order chi connectivity index (χ0) is 18.7. The summed E-state index contributed by atoms with van der Waals surface area (Å²) >= 11 is 5.01. The summed E-state index contributed by atoms with van der Waals surface area (Å²) < 4.78 is 7.94. The van der Waals surface area contributed by atoms with E-state index in [1.165, 1.54) is 0 Å². The molecule has 0 aliphatic rings. The van der Waals surface area contributed by atoms with E-state index in [0.29, 0.717) is 17.7 Å². The van der Waals surface area contributed by atoms with Gasteiger partial charge < -0.3 is 4.52 Å². The first-order chi connectivity index (χ1) is 12.5. The van der Waals surface area contributed by atoms with Gasteiger partial charge in [0.15, 0.2) is 5.16 Å². The van der Waals surface area contributed by atoms with Crippen LogP contribution in [0, 0.1) is 13.8 Å². The second kappa shape index (κ2) is 8.39. The molecule has 0 unspecified atom stereocenters. The third kappa shape index (κ3) is 4.04. The number of aryl methyl sites for hydroxylation is 2. The minimum atomic E-state index is 0.0219. The number of halogens is 1. The maximum Gasteiger partial charge on any atom is 0.262 e. The number of aromatic nitrogens is 3. The van der Waals surface area contributed by atoms with Crippen molar-refractivity contribution in [2.24, 2.45) is 0 Å². The lowest BCUT2D eigenvalue weighted by atomic mass is 10.2. The largest absolute Gasteiger partial charge is 0.361 e. The first kappa shape index (κ1) is 19.2. The van der Waals surface area contributed by atoms with Crippen LogP contribution in [-0.2, 0) is 12.3 Å². The molecule has 0 aliphatic carbocycles. The third-order valence-corrected chi connectivity index (χ3v) is 5.89. The number of nitrogens with zero attached hydrogens (tertiary/aromatic N) is 3. The average Bonchev–Trinajstić information content (AvgIpc) is 2.94. The number of unbranched alkanes of at least 4 members (excludes halogenated alkanes) is 2. The minimum Gasteiger partial charge on any atom is -0.361 e. The van der Waals surface area contributed by atoms with E-state index in [0.717, 1.165) is 51.4 Å². The molecule has 138 valence electrons. The SMILES string of the molecule is CCCCCn1c(SCc2c(C)noc2C)nc2ccc(Br)cc2c1=O. The smallest absolute Gasteiger partial charge is 0.262 e. The molecule has 0 saturated carbocycles. The monoisotopic (exact) mass is 435 g/mol. The predicted octanol–water partition coefficient (Wildman–Crippen LogP) is 5.25. The lowest BCUT2D eigenvalue weighted by Gasteiger charge is -2.13. The summed E-state index contributed by atoms with van der Waals surface area (Å²) in [5.41, 5.74) is 2.71. The van der Waals surface area contributed by atoms with Crippen LogP contribution in [0.1, 0.15) is 43.2 Å². The van der Waals surface area contributed by atoms with Gasteiger partial charge in [0.1, 0.15) is 5.76 Å². The fourth-order valence-corrected chi connectivity index (χ4v) is 4.38. The average molecular weight is 436 g/mol. The van der Waals surface area contributed by atoms with E-state index in [4.69, 9.17) is 9.51 Å². The molecule has 1 aromatic carbocycles. The molecule has 0 aliphatic heterocycles. The molecule has 0 bridgehead atoms. The fraction of sp³-hybridized carbons (Fsp3) is 0.421. The summed E-state index contributed by atoms with van der Waals surface area (Å²) in [6.07, 6.45) is 3.18. The first-order valence-corrected chi connectivity index (χ1v) is 10.5. The molecular formula is C19H22BrN3O2S. The Hall–Kier alpha value is -1.60. The lowest BCUT2D eigenvalue weighted by molar-refractivity contribution is 0.392. The lowest BCUT2D eigenvalue weighted by Crippen LogP contribution is -2.23. The quantitative estimate of drug-likeness (QED) is 0.288. The zero-order valence-electron chi connectivity index (χ0n) is 15.2. The van der Waals surface area contributed by atoms with Gasteiger partial charge in [-0.15, -0.1) is 0 Å². The number of hydrogen-bond donors (Lipinski definition) is 0. The highest BCUT2D eigenvalue weighted by molar-refractivity contribution is 9.10. The van der Waals surface area contributed by atoms with Crippen molar-refractivity contribution >= 4 is 38.6 Å². The Kier molecular flexibility index (Phi) is 6.19. The predicted molar refractivity (Wildman–Crippen MR) is 109 cm³/mol. The summed E-state index contributed by atoms with van der Waals surface area (Å²) in [6, 6.07) is 5.65. The fourth-order valence-electron chi connectivity index (χ4n) is 2.84. The molecule has 0 amide bonds. The molecule has 0 saturated heterocycles. The second-order valence-corrected chi connectivity index (χ2v) is 8.17. The van der Waals surface area contributed by atoms with Crippen LogP contribution in [0.2, 0.25) is 0 Å². The molecule has 0 radical (unpaired) electrons. The highest BCUT2D eigenvalue weighted by Gasteiger charge is 2.15. The van der Waals surface area contributed by atoms with Crippen LogP contribution in [0.3, 0.4) is 0 Å². The van der Waals surface area contributed by atoms with Gasteiger partial charge in [-0.1, -0.05) is 52.6 Å². The van der Waals surface area contributed by atoms with E-state index in [1.54, 1.807) is 11.8 Å². The van der Waals surface area contributed by atoms with E-state index < -0.39 is 0 Å². The zero-order valence-corrected chi connectivity index (χ0v) is 17.6. The van der Waals surface area contributed by atoms with Gasteiger partial charge in [-0.05, 0) is 38.5 Å². The van der Waals surface area contributed by atoms with Crippen LogP contribution in [0.4, 0.5) is 0 Å². The van der Waals surface area contributed by atoms with Crippen molar-refractivity contribution in [2.45, 2.75) is 57.5 Å². The molecule has 3 rings (SSSR count). The van der Waals surface area contributed by atoms with Crippen molar-refractivity contribution in [3.8, 4) is 0 Å². The summed E-state index contributed by atoms with van der Waals surface area (Å²) in [5.74, 6) is 1.50.